The first-order valence-electron chi connectivity index (χ1n) is 4.98. The Hall–Kier alpha value is -1.16. The fourth-order valence-corrected chi connectivity index (χ4v) is 1.72. The molecule has 2 heterocycles. The molecule has 0 radical (unpaired) electrons. The van der Waals surface area contributed by atoms with E-state index in [0.717, 1.165) is 19.6 Å². The van der Waals surface area contributed by atoms with Gasteiger partial charge in [0.15, 0.2) is 0 Å². The van der Waals surface area contributed by atoms with E-state index in [1.54, 1.807) is 0 Å². The molecule has 1 aromatic rings. The van der Waals surface area contributed by atoms with Gasteiger partial charge in [0, 0.05) is 32.5 Å². The number of Topliss-reactive ketones (excluding diaryl/α,β-unsaturated/α-hetero) is 1. The molecule has 0 amide bonds. The average Bonchev–Trinajstić information content (AvgIpc) is 2.56. The number of rotatable bonds is 2. The summed E-state index contributed by atoms with van der Waals surface area (Å²) in [4.78, 5) is 13.3. The maximum atomic E-state index is 11.0. The van der Waals surface area contributed by atoms with E-state index < -0.39 is 0 Å². The van der Waals surface area contributed by atoms with Gasteiger partial charge in [-0.1, -0.05) is 0 Å². The minimum absolute atomic E-state index is 0.391. The highest BCUT2D eigenvalue weighted by molar-refractivity contribution is 5.79. The number of nitrogens with one attached hydrogen (secondary N) is 1. The number of carbonyl (C=O) groups excluding carboxylic acids is 1. The predicted octanol–water partition coefficient (Wildman–Crippen LogP) is 0.883. The fourth-order valence-electron chi connectivity index (χ4n) is 1.72. The lowest BCUT2D eigenvalue weighted by atomic mass is 10.1. The van der Waals surface area contributed by atoms with Crippen LogP contribution in [0, 0.1) is 6.92 Å². The third-order valence-corrected chi connectivity index (χ3v) is 2.73. The molecule has 0 bridgehead atoms. The van der Waals surface area contributed by atoms with Gasteiger partial charge in [-0.2, -0.15) is 5.10 Å². The van der Waals surface area contributed by atoms with Gasteiger partial charge < -0.3 is 0 Å². The zero-order valence-electron chi connectivity index (χ0n) is 8.42. The van der Waals surface area contributed by atoms with E-state index in [9.17, 15) is 4.79 Å². The highest BCUT2D eigenvalue weighted by Crippen LogP contribution is 2.11. The van der Waals surface area contributed by atoms with Crippen molar-refractivity contribution in [3.8, 4) is 0 Å². The predicted molar refractivity (Wildman–Crippen MR) is 52.8 cm³/mol. The highest BCUT2D eigenvalue weighted by Gasteiger charge is 2.16. The number of ketones is 1. The number of nitrogens with zero attached hydrogens (tertiary/aromatic N) is 2. The van der Waals surface area contributed by atoms with E-state index in [4.69, 9.17) is 0 Å². The largest absolute Gasteiger partial charge is 0.300 e. The van der Waals surface area contributed by atoms with Crippen LogP contribution in [0.2, 0.25) is 0 Å². The Bertz CT molecular complexity index is 322. The van der Waals surface area contributed by atoms with Crippen LogP contribution in [0.15, 0.2) is 6.20 Å². The molecule has 0 spiro atoms. The molecule has 1 aromatic heterocycles. The number of carbonyl (C=O) groups is 1. The first-order chi connectivity index (χ1) is 6.75. The summed E-state index contributed by atoms with van der Waals surface area (Å²) in [6, 6.07) is 0. The smallest absolute Gasteiger partial charge is 0.135 e. The summed E-state index contributed by atoms with van der Waals surface area (Å²) in [6.45, 7) is 4.71. The number of aromatic nitrogens is 2. The summed E-state index contributed by atoms with van der Waals surface area (Å²) >= 11 is 0. The van der Waals surface area contributed by atoms with Crippen molar-refractivity contribution in [3.63, 3.8) is 0 Å². The molecule has 14 heavy (non-hydrogen) atoms. The second-order valence-corrected chi connectivity index (χ2v) is 3.85. The van der Waals surface area contributed by atoms with Crippen molar-refractivity contribution in [2.24, 2.45) is 0 Å². The van der Waals surface area contributed by atoms with Gasteiger partial charge in [0.1, 0.15) is 5.78 Å². The van der Waals surface area contributed by atoms with E-state index in [1.807, 2.05) is 13.1 Å². The van der Waals surface area contributed by atoms with Crippen LogP contribution in [0.5, 0.6) is 0 Å². The van der Waals surface area contributed by atoms with Gasteiger partial charge in [-0.05, 0) is 12.5 Å². The molecule has 2 rings (SSSR count). The number of hydrogen-bond acceptors (Lipinski definition) is 3. The third kappa shape index (κ3) is 2.01. The number of likely N-dealkylation sites (tertiary alicyclic amines) is 1. The number of H-pyrrole nitrogens is 1. The lowest BCUT2D eigenvalue weighted by Crippen LogP contribution is -2.33. The monoisotopic (exact) mass is 193 g/mol. The summed E-state index contributed by atoms with van der Waals surface area (Å²) in [5.74, 6) is 0.391. The number of aryl methyl sites for hydroxylation is 1. The molecule has 4 nitrogen and oxygen atoms in total. The lowest BCUT2D eigenvalue weighted by Gasteiger charge is -2.25. The second kappa shape index (κ2) is 3.92. The number of piperidine rings is 1. The minimum Gasteiger partial charge on any atom is -0.300 e. The Balaban J connectivity index is 1.92. The van der Waals surface area contributed by atoms with E-state index in [0.29, 0.717) is 18.6 Å². The Morgan fingerprint density at radius 3 is 2.79 bits per heavy atom. The Labute approximate surface area is 83.3 Å². The molecule has 1 fully saturated rings. The highest BCUT2D eigenvalue weighted by atomic mass is 16.1. The first kappa shape index (κ1) is 9.40. The van der Waals surface area contributed by atoms with Crippen LogP contribution in [0.3, 0.4) is 0 Å². The fraction of sp³-hybridized carbons (Fsp3) is 0.600. The molecular formula is C10H15N3O. The lowest BCUT2D eigenvalue weighted by molar-refractivity contribution is -0.121. The summed E-state index contributed by atoms with van der Waals surface area (Å²) in [5, 5.41) is 6.97. The van der Waals surface area contributed by atoms with Gasteiger partial charge in [0.05, 0.1) is 11.9 Å². The molecule has 1 saturated heterocycles. The molecule has 0 unspecified atom stereocenters. The number of hydrogen-bond donors (Lipinski definition) is 1. The van der Waals surface area contributed by atoms with E-state index in [2.05, 4.69) is 15.1 Å². The van der Waals surface area contributed by atoms with Gasteiger partial charge in [-0.25, -0.2) is 0 Å². The molecule has 0 aliphatic carbocycles. The Morgan fingerprint density at radius 1 is 1.50 bits per heavy atom. The van der Waals surface area contributed by atoms with Crippen molar-refractivity contribution in [1.82, 2.24) is 15.1 Å². The van der Waals surface area contributed by atoms with Gasteiger partial charge in [0.2, 0.25) is 0 Å². The van der Waals surface area contributed by atoms with E-state index in [-0.39, 0.29) is 0 Å². The SMILES string of the molecule is Cc1cn[nH]c1CN1CCC(=O)CC1. The van der Waals surface area contributed by atoms with Crippen LogP contribution in [-0.4, -0.2) is 34.0 Å². The quantitative estimate of drug-likeness (QED) is 0.758. The summed E-state index contributed by atoms with van der Waals surface area (Å²) in [5.41, 5.74) is 2.36. The van der Waals surface area contributed by atoms with Gasteiger partial charge >= 0.3 is 0 Å². The van der Waals surface area contributed by atoms with Crippen molar-refractivity contribution in [2.45, 2.75) is 26.3 Å². The summed E-state index contributed by atoms with van der Waals surface area (Å²) in [6.07, 6.45) is 3.24. The molecule has 0 saturated carbocycles. The first-order valence-corrected chi connectivity index (χ1v) is 4.98. The van der Waals surface area contributed by atoms with Crippen molar-refractivity contribution < 1.29 is 4.79 Å². The van der Waals surface area contributed by atoms with Gasteiger partial charge in [-0.15, -0.1) is 0 Å². The molecule has 4 heteroatoms. The second-order valence-electron chi connectivity index (χ2n) is 3.85. The maximum absolute atomic E-state index is 11.0. The summed E-state index contributed by atoms with van der Waals surface area (Å²) in [7, 11) is 0. The minimum atomic E-state index is 0.391. The average molecular weight is 193 g/mol. The maximum Gasteiger partial charge on any atom is 0.135 e. The Kier molecular flexibility index (Phi) is 2.63. The molecular weight excluding hydrogens is 178 g/mol. The molecule has 1 aliphatic heterocycles. The van der Waals surface area contributed by atoms with E-state index in [1.165, 1.54) is 11.3 Å². The molecule has 0 aromatic carbocycles. The standard InChI is InChI=1S/C10H15N3O/c1-8-6-11-12-10(8)7-13-4-2-9(14)3-5-13/h6H,2-5,7H2,1H3,(H,11,12). The van der Waals surface area contributed by atoms with Crippen molar-refractivity contribution in [3.05, 3.63) is 17.5 Å². The molecule has 76 valence electrons. The van der Waals surface area contributed by atoms with Crippen molar-refractivity contribution in [1.29, 1.82) is 0 Å². The normalized spacial score (nSPS) is 18.8. The Morgan fingerprint density at radius 2 is 2.21 bits per heavy atom. The number of aromatic amines is 1. The van der Waals surface area contributed by atoms with Crippen LogP contribution < -0.4 is 0 Å². The molecule has 1 aliphatic rings. The zero-order chi connectivity index (χ0) is 9.97. The van der Waals surface area contributed by atoms with Crippen molar-refractivity contribution >= 4 is 5.78 Å². The molecule has 0 atom stereocenters. The van der Waals surface area contributed by atoms with E-state index >= 15 is 0 Å². The van der Waals surface area contributed by atoms with Gasteiger partial charge in [0.25, 0.3) is 0 Å². The van der Waals surface area contributed by atoms with Crippen LogP contribution in [0.25, 0.3) is 0 Å². The van der Waals surface area contributed by atoms with Crippen LogP contribution in [0.1, 0.15) is 24.1 Å². The third-order valence-electron chi connectivity index (χ3n) is 2.73. The summed E-state index contributed by atoms with van der Waals surface area (Å²) < 4.78 is 0. The van der Waals surface area contributed by atoms with Crippen molar-refractivity contribution in [2.75, 3.05) is 13.1 Å². The molecule has 1 N–H and O–H groups in total. The van der Waals surface area contributed by atoms with Gasteiger partial charge in [-0.3, -0.25) is 14.8 Å². The zero-order valence-corrected chi connectivity index (χ0v) is 8.42. The van der Waals surface area contributed by atoms with Crippen LogP contribution in [-0.2, 0) is 11.3 Å². The van der Waals surface area contributed by atoms with Crippen LogP contribution in [0.4, 0.5) is 0 Å². The topological polar surface area (TPSA) is 49.0 Å². The van der Waals surface area contributed by atoms with Crippen LogP contribution >= 0.6 is 0 Å².